The van der Waals surface area contributed by atoms with Gasteiger partial charge in [-0.3, -0.25) is 0 Å². The van der Waals surface area contributed by atoms with Gasteiger partial charge in [0.25, 0.3) is 5.92 Å². The van der Waals surface area contributed by atoms with Crippen LogP contribution in [0.5, 0.6) is 5.88 Å². The Bertz CT molecular complexity index is 1210. The third-order valence-electron chi connectivity index (χ3n) is 6.78. The van der Waals surface area contributed by atoms with Gasteiger partial charge in [0.1, 0.15) is 17.5 Å². The summed E-state index contributed by atoms with van der Waals surface area (Å²) in [5, 5.41) is 3.91. The van der Waals surface area contributed by atoms with Crippen molar-refractivity contribution in [2.24, 2.45) is 0 Å². The van der Waals surface area contributed by atoms with Crippen LogP contribution < -0.4 is 10.1 Å². The second kappa shape index (κ2) is 9.97. The van der Waals surface area contributed by atoms with E-state index in [1.165, 1.54) is 12.1 Å². The fourth-order valence-corrected chi connectivity index (χ4v) is 4.79. The van der Waals surface area contributed by atoms with E-state index in [1.54, 1.807) is 21.0 Å². The van der Waals surface area contributed by atoms with E-state index in [4.69, 9.17) is 4.74 Å². The lowest BCUT2D eigenvalue weighted by Gasteiger charge is -2.31. The summed E-state index contributed by atoms with van der Waals surface area (Å²) in [5.74, 6) is -2.39. The fourth-order valence-electron chi connectivity index (χ4n) is 4.79. The first kappa shape index (κ1) is 25.2. The molecular formula is C26H32F3N5O. The molecule has 35 heavy (non-hydrogen) atoms. The number of hydrogen-bond acceptors (Lipinski definition) is 6. The average molecular weight is 488 g/mol. The molecule has 6 nitrogen and oxygen atoms in total. The summed E-state index contributed by atoms with van der Waals surface area (Å²) in [6, 6.07) is 5.46. The smallest absolute Gasteiger partial charge is 0.273 e. The minimum absolute atomic E-state index is 0.141. The molecule has 1 atom stereocenters. The van der Waals surface area contributed by atoms with Gasteiger partial charge in [-0.15, -0.1) is 0 Å². The topological polar surface area (TPSA) is 63.2 Å². The number of fused-ring (bicyclic) bond motifs is 1. The first-order chi connectivity index (χ1) is 16.6. The van der Waals surface area contributed by atoms with Crippen LogP contribution in [0.15, 0.2) is 24.3 Å². The van der Waals surface area contributed by atoms with Crippen LogP contribution in [0, 0.1) is 12.7 Å². The molecular weight excluding hydrogens is 455 g/mol. The van der Waals surface area contributed by atoms with E-state index in [0.717, 1.165) is 44.1 Å². The summed E-state index contributed by atoms with van der Waals surface area (Å²) < 4.78 is 48.4. The van der Waals surface area contributed by atoms with Gasteiger partial charge in [0.2, 0.25) is 5.88 Å². The number of nitrogens with zero attached hydrogens (tertiary/aromatic N) is 4. The van der Waals surface area contributed by atoms with Crippen molar-refractivity contribution in [1.82, 2.24) is 19.9 Å². The van der Waals surface area contributed by atoms with Crippen LogP contribution in [0.1, 0.15) is 68.1 Å². The van der Waals surface area contributed by atoms with Crippen molar-refractivity contribution in [2.75, 3.05) is 32.1 Å². The summed E-state index contributed by atoms with van der Waals surface area (Å²) in [6.45, 7) is 9.37. The van der Waals surface area contributed by atoms with Crippen molar-refractivity contribution in [3.05, 3.63) is 52.6 Å². The van der Waals surface area contributed by atoms with E-state index in [-0.39, 0.29) is 11.5 Å². The van der Waals surface area contributed by atoms with Crippen molar-refractivity contribution in [2.45, 2.75) is 58.4 Å². The minimum Gasteiger partial charge on any atom is -0.481 e. The number of pyridine rings is 1. The van der Waals surface area contributed by atoms with Gasteiger partial charge >= 0.3 is 0 Å². The van der Waals surface area contributed by atoms with Crippen molar-refractivity contribution in [3.8, 4) is 5.88 Å². The van der Waals surface area contributed by atoms with E-state index >= 15 is 0 Å². The monoisotopic (exact) mass is 487 g/mol. The molecule has 1 aliphatic heterocycles. The molecule has 0 unspecified atom stereocenters. The number of likely N-dealkylation sites (tertiary alicyclic amines) is 1. The molecule has 0 aliphatic carbocycles. The molecule has 4 rings (SSSR count). The highest BCUT2D eigenvalue weighted by Crippen LogP contribution is 2.37. The molecule has 0 spiro atoms. The van der Waals surface area contributed by atoms with Gasteiger partial charge in [-0.2, -0.15) is 4.98 Å². The van der Waals surface area contributed by atoms with Gasteiger partial charge in [0, 0.05) is 18.1 Å². The number of halogens is 3. The zero-order valence-electron chi connectivity index (χ0n) is 20.8. The zero-order valence-corrected chi connectivity index (χ0v) is 20.8. The predicted octanol–water partition coefficient (Wildman–Crippen LogP) is 5.97. The molecule has 1 saturated heterocycles. The molecule has 3 aromatic rings. The summed E-state index contributed by atoms with van der Waals surface area (Å²) in [4.78, 5) is 16.1. The Hall–Kier alpha value is -2.94. The molecule has 0 radical (unpaired) electrons. The largest absolute Gasteiger partial charge is 0.481 e. The number of nitrogens with one attached hydrogen (secondary N) is 1. The normalized spacial score (nSPS) is 16.5. The first-order valence-electron chi connectivity index (χ1n) is 12.0. The molecule has 0 bridgehead atoms. The second-order valence-corrected chi connectivity index (χ2v) is 9.25. The number of aryl methyl sites for hydroxylation is 1. The van der Waals surface area contributed by atoms with E-state index in [2.05, 4.69) is 32.1 Å². The predicted molar refractivity (Wildman–Crippen MR) is 131 cm³/mol. The van der Waals surface area contributed by atoms with Crippen LogP contribution in [-0.4, -0.2) is 46.6 Å². The molecule has 9 heteroatoms. The van der Waals surface area contributed by atoms with Gasteiger partial charge in [0.05, 0.1) is 24.1 Å². The summed E-state index contributed by atoms with van der Waals surface area (Å²) in [5.41, 5.74) is 0.979. The van der Waals surface area contributed by atoms with Crippen molar-refractivity contribution in [1.29, 1.82) is 0 Å². The number of methoxy groups -OCH3 is 1. The van der Waals surface area contributed by atoms with Crippen LogP contribution >= 0.6 is 0 Å². The first-order valence-corrected chi connectivity index (χ1v) is 12.0. The third-order valence-corrected chi connectivity index (χ3v) is 6.78. The van der Waals surface area contributed by atoms with Gasteiger partial charge in [0.15, 0.2) is 5.65 Å². The van der Waals surface area contributed by atoms with Crippen molar-refractivity contribution >= 4 is 16.9 Å². The van der Waals surface area contributed by atoms with Crippen LogP contribution in [0.4, 0.5) is 19.0 Å². The molecule has 0 saturated carbocycles. The lowest BCUT2D eigenvalue weighted by molar-refractivity contribution is 0.0136. The van der Waals surface area contributed by atoms with Crippen molar-refractivity contribution < 1.29 is 17.9 Å². The maximum absolute atomic E-state index is 15.0. The standard InChI is InChI=1S/C26H32F3N5O/c1-6-34-12-10-17(11-13-34)19-14-20-23(31-16(3)32-24(20)33-25(19)35-5)30-15(2)18-8-7-9-21(22(18)27)26(4,28)29/h7-9,14-15,17H,6,10-13H2,1-5H3,(H,30,31,32,33)/t15-/m1/s1. The van der Waals surface area contributed by atoms with Crippen LogP contribution in [0.25, 0.3) is 11.0 Å². The molecule has 3 heterocycles. The number of benzene rings is 1. The van der Waals surface area contributed by atoms with Gasteiger partial charge in [-0.25, -0.2) is 23.1 Å². The summed E-state index contributed by atoms with van der Waals surface area (Å²) in [6.07, 6.45) is 1.99. The van der Waals surface area contributed by atoms with Crippen LogP contribution in [0.3, 0.4) is 0 Å². The molecule has 1 fully saturated rings. The van der Waals surface area contributed by atoms with Crippen LogP contribution in [0.2, 0.25) is 0 Å². The zero-order chi connectivity index (χ0) is 25.3. The maximum atomic E-state index is 15.0. The third kappa shape index (κ3) is 5.19. The number of anilines is 1. The number of rotatable bonds is 7. The quantitative estimate of drug-likeness (QED) is 0.443. The minimum atomic E-state index is -3.28. The number of piperidine rings is 1. The van der Waals surface area contributed by atoms with Gasteiger partial charge in [-0.05, 0) is 58.3 Å². The number of aromatic nitrogens is 3. The van der Waals surface area contributed by atoms with E-state index in [9.17, 15) is 13.2 Å². The summed E-state index contributed by atoms with van der Waals surface area (Å²) >= 11 is 0. The Balaban J connectivity index is 1.73. The molecule has 1 N–H and O–H groups in total. The highest BCUT2D eigenvalue weighted by atomic mass is 19.3. The molecule has 1 aromatic carbocycles. The Morgan fingerprint density at radius 2 is 1.91 bits per heavy atom. The van der Waals surface area contributed by atoms with Crippen LogP contribution in [-0.2, 0) is 5.92 Å². The Morgan fingerprint density at radius 1 is 1.20 bits per heavy atom. The number of alkyl halides is 2. The Kier molecular flexibility index (Phi) is 7.17. The molecule has 1 aliphatic rings. The second-order valence-electron chi connectivity index (χ2n) is 9.25. The highest BCUT2D eigenvalue weighted by Gasteiger charge is 2.30. The van der Waals surface area contributed by atoms with Gasteiger partial charge in [-0.1, -0.05) is 25.1 Å². The molecule has 188 valence electrons. The molecule has 2 aromatic heterocycles. The van der Waals surface area contributed by atoms with Gasteiger partial charge < -0.3 is 15.0 Å². The van der Waals surface area contributed by atoms with E-state index in [0.29, 0.717) is 35.5 Å². The van der Waals surface area contributed by atoms with Crippen molar-refractivity contribution in [3.63, 3.8) is 0 Å². The lowest BCUT2D eigenvalue weighted by Crippen LogP contribution is -2.32. The average Bonchev–Trinajstić information content (AvgIpc) is 2.82. The Labute approximate surface area is 203 Å². The summed E-state index contributed by atoms with van der Waals surface area (Å²) in [7, 11) is 1.60. The number of hydrogen-bond donors (Lipinski definition) is 1. The highest BCUT2D eigenvalue weighted by molar-refractivity contribution is 5.88. The van der Waals surface area contributed by atoms with E-state index in [1.807, 2.05) is 6.07 Å². The van der Waals surface area contributed by atoms with E-state index < -0.39 is 23.3 Å². The number of ether oxygens (including phenoxy) is 1. The Morgan fingerprint density at radius 3 is 2.54 bits per heavy atom. The fraction of sp³-hybridized carbons (Fsp3) is 0.500. The SMILES string of the molecule is CCN1CCC(c2cc3c(N[C@H](C)c4cccc(C(C)(F)F)c4F)nc(C)nc3nc2OC)CC1. The molecule has 0 amide bonds. The maximum Gasteiger partial charge on any atom is 0.273 e. The lowest BCUT2D eigenvalue weighted by atomic mass is 9.89.